The Bertz CT molecular complexity index is 1500. The Morgan fingerprint density at radius 1 is 1.03 bits per heavy atom. The molecule has 0 aliphatic carbocycles. The third-order valence-electron chi connectivity index (χ3n) is 6.32. The first-order valence-corrected chi connectivity index (χ1v) is 13.2. The lowest BCUT2D eigenvalue weighted by molar-refractivity contribution is -0.110. The van der Waals surface area contributed by atoms with Crippen LogP contribution in [0.4, 0.5) is 23.0 Å². The van der Waals surface area contributed by atoms with Gasteiger partial charge in [0.25, 0.3) is 11.3 Å². The number of anilines is 4. The highest BCUT2D eigenvalue weighted by Crippen LogP contribution is 2.37. The first-order chi connectivity index (χ1) is 19.0. The minimum atomic E-state index is -2.52. The van der Waals surface area contributed by atoms with Crippen LogP contribution in [0.15, 0.2) is 66.7 Å². The molecule has 0 saturated carbocycles. The van der Waals surface area contributed by atoms with Crippen LogP contribution >= 0.6 is 0 Å². The summed E-state index contributed by atoms with van der Waals surface area (Å²) in [5.41, 5.74) is 2.86. The summed E-state index contributed by atoms with van der Waals surface area (Å²) in [5, 5.41) is 6.01. The molecule has 11 nitrogen and oxygen atoms in total. The Morgan fingerprint density at radius 3 is 2.41 bits per heavy atom. The van der Waals surface area contributed by atoms with E-state index in [1.54, 1.807) is 56.7 Å². The summed E-state index contributed by atoms with van der Waals surface area (Å²) in [6, 6.07) is 19.3. The van der Waals surface area contributed by atoms with E-state index >= 15 is 0 Å². The number of ether oxygens (including phenoxy) is 3. The molecule has 1 fully saturated rings. The average Bonchev–Trinajstić information content (AvgIpc) is 3.41. The van der Waals surface area contributed by atoms with Gasteiger partial charge in [0, 0.05) is 30.5 Å². The molecule has 1 saturated heterocycles. The second kappa shape index (κ2) is 11.6. The Hall–Kier alpha value is -4.26. The molecule has 1 amide bonds. The first-order valence-electron chi connectivity index (χ1n) is 12.1. The topological polar surface area (TPSA) is 135 Å². The summed E-state index contributed by atoms with van der Waals surface area (Å²) >= 11 is -2.52. The predicted molar refractivity (Wildman–Crippen MR) is 148 cm³/mol. The number of nitrogens with zero attached hydrogens (tertiary/aromatic N) is 3. The zero-order valence-corrected chi connectivity index (χ0v) is 22.1. The van der Waals surface area contributed by atoms with E-state index in [0.717, 1.165) is 5.56 Å². The summed E-state index contributed by atoms with van der Waals surface area (Å²) in [6.45, 7) is 0.490. The molecule has 1 aromatic heterocycles. The molecule has 5 rings (SSSR count). The maximum Gasteiger partial charge on any atom is 0.268 e. The summed E-state index contributed by atoms with van der Waals surface area (Å²) in [4.78, 5) is 20.5. The van der Waals surface area contributed by atoms with Gasteiger partial charge >= 0.3 is 0 Å². The smallest absolute Gasteiger partial charge is 0.268 e. The molecule has 12 heteroatoms. The highest BCUT2D eigenvalue weighted by molar-refractivity contribution is 7.81. The lowest BCUT2D eigenvalue weighted by Crippen LogP contribution is -2.30. The summed E-state index contributed by atoms with van der Waals surface area (Å²) in [5.74, 6) is 1.48. The van der Waals surface area contributed by atoms with Gasteiger partial charge in [0.05, 0.1) is 37.0 Å². The second-order valence-corrected chi connectivity index (χ2v) is 9.53. The third kappa shape index (κ3) is 5.62. The van der Waals surface area contributed by atoms with Crippen molar-refractivity contribution in [3.63, 3.8) is 0 Å². The highest BCUT2D eigenvalue weighted by atomic mass is 32.2. The van der Waals surface area contributed by atoms with Crippen LogP contribution in [0, 0.1) is 0 Å². The fourth-order valence-electron chi connectivity index (χ4n) is 4.52. The van der Waals surface area contributed by atoms with E-state index in [4.69, 9.17) is 24.2 Å². The third-order valence-corrected chi connectivity index (χ3v) is 7.02. The normalized spacial score (nSPS) is 17.4. The number of fused-ring (bicyclic) bond motifs is 1. The highest BCUT2D eigenvalue weighted by Gasteiger charge is 2.31. The number of rotatable bonds is 10. The van der Waals surface area contributed by atoms with E-state index < -0.39 is 17.4 Å². The molecule has 0 bridgehead atoms. The Morgan fingerprint density at radius 2 is 1.74 bits per heavy atom. The molecule has 1 aliphatic heterocycles. The fourth-order valence-corrected chi connectivity index (χ4v) is 5.09. The van der Waals surface area contributed by atoms with E-state index in [1.807, 2.05) is 24.3 Å². The Kier molecular flexibility index (Phi) is 7.87. The molecule has 1 aliphatic rings. The summed E-state index contributed by atoms with van der Waals surface area (Å²) < 4.78 is 41.2. The van der Waals surface area contributed by atoms with Crippen LogP contribution in [0.25, 0.3) is 11.0 Å². The standard InChI is InChI=1S/C27H27N5O6S/c1-36-20-13-18(14-21(15-20)37-2)29-26-27(31-23-9-4-3-8-22(23)30-26)32(39(34)35)19-7-5-6-17(12-19)25-24(28-16-33)10-11-38-25/h3-9,12-16,24-25H,10-11H2,1-2H3,(H,28,33)(H,29,30)(H,34,35). The van der Waals surface area contributed by atoms with E-state index in [0.29, 0.717) is 53.3 Å². The van der Waals surface area contributed by atoms with Gasteiger partial charge in [-0.1, -0.05) is 24.3 Å². The number of carbonyl (C=O) groups excluding carboxylic acids is 1. The first kappa shape index (κ1) is 26.4. The van der Waals surface area contributed by atoms with Crippen LogP contribution in [0.5, 0.6) is 11.5 Å². The van der Waals surface area contributed by atoms with Crippen molar-refractivity contribution in [2.75, 3.05) is 30.4 Å². The van der Waals surface area contributed by atoms with Crippen LogP contribution in [0.2, 0.25) is 0 Å². The molecule has 3 unspecified atom stereocenters. The average molecular weight is 550 g/mol. The molecule has 3 atom stereocenters. The largest absolute Gasteiger partial charge is 0.497 e. The number of hydrogen-bond donors (Lipinski definition) is 3. The zero-order chi connectivity index (χ0) is 27.4. The summed E-state index contributed by atoms with van der Waals surface area (Å²) in [6.07, 6.45) is 0.924. The monoisotopic (exact) mass is 549 g/mol. The van der Waals surface area contributed by atoms with Gasteiger partial charge in [0.2, 0.25) is 6.41 Å². The number of aromatic nitrogens is 2. The fraction of sp³-hybridized carbons (Fsp3) is 0.222. The van der Waals surface area contributed by atoms with Crippen molar-refractivity contribution in [1.29, 1.82) is 0 Å². The molecule has 0 spiro atoms. The lowest BCUT2D eigenvalue weighted by Gasteiger charge is -2.24. The van der Waals surface area contributed by atoms with E-state index in [2.05, 4.69) is 10.6 Å². The molecular weight excluding hydrogens is 522 g/mol. The van der Waals surface area contributed by atoms with Crippen molar-refractivity contribution in [2.45, 2.75) is 18.6 Å². The molecule has 39 heavy (non-hydrogen) atoms. The minimum Gasteiger partial charge on any atom is -0.497 e. The molecule has 3 N–H and O–H groups in total. The van der Waals surface area contributed by atoms with Crippen molar-refractivity contribution in [1.82, 2.24) is 15.3 Å². The molecule has 0 radical (unpaired) electrons. The van der Waals surface area contributed by atoms with Gasteiger partial charge in [-0.05, 0) is 36.2 Å². The van der Waals surface area contributed by atoms with Crippen molar-refractivity contribution < 1.29 is 27.8 Å². The number of carbonyl (C=O) groups is 1. The second-order valence-electron chi connectivity index (χ2n) is 8.70. The molecule has 3 aromatic carbocycles. The van der Waals surface area contributed by atoms with Crippen molar-refractivity contribution >= 4 is 51.7 Å². The molecular formula is C27H27N5O6S. The zero-order valence-electron chi connectivity index (χ0n) is 21.2. The Labute approximate surface area is 227 Å². The van der Waals surface area contributed by atoms with Gasteiger partial charge < -0.3 is 24.8 Å². The van der Waals surface area contributed by atoms with Gasteiger partial charge in [-0.25, -0.2) is 18.5 Å². The van der Waals surface area contributed by atoms with Crippen LogP contribution in [0.3, 0.4) is 0 Å². The van der Waals surface area contributed by atoms with E-state index in [-0.39, 0.29) is 17.7 Å². The van der Waals surface area contributed by atoms with Gasteiger partial charge in [-0.2, -0.15) is 0 Å². The van der Waals surface area contributed by atoms with E-state index in [9.17, 15) is 13.6 Å². The lowest BCUT2D eigenvalue weighted by atomic mass is 10.0. The molecule has 202 valence electrons. The minimum absolute atomic E-state index is 0.128. The maximum absolute atomic E-state index is 12.9. The van der Waals surface area contributed by atoms with Crippen molar-refractivity contribution in [3.05, 3.63) is 72.3 Å². The number of benzene rings is 3. The number of amides is 1. The van der Waals surface area contributed by atoms with Gasteiger partial charge in [-0.15, -0.1) is 0 Å². The van der Waals surface area contributed by atoms with Gasteiger partial charge in [-0.3, -0.25) is 9.35 Å². The van der Waals surface area contributed by atoms with Crippen molar-refractivity contribution in [3.8, 4) is 11.5 Å². The van der Waals surface area contributed by atoms with Crippen molar-refractivity contribution in [2.24, 2.45) is 0 Å². The van der Waals surface area contributed by atoms with Crippen LogP contribution in [-0.4, -0.2) is 52.0 Å². The molecule has 4 aromatic rings. The number of hydrogen-bond acceptors (Lipinski definition) is 8. The number of nitrogens with one attached hydrogen (secondary N) is 2. The van der Waals surface area contributed by atoms with Gasteiger partial charge in [0.15, 0.2) is 11.6 Å². The van der Waals surface area contributed by atoms with Crippen LogP contribution in [0.1, 0.15) is 18.1 Å². The Balaban J connectivity index is 1.61. The maximum atomic E-state index is 12.9. The number of methoxy groups -OCH3 is 2. The van der Waals surface area contributed by atoms with Crippen LogP contribution in [-0.2, 0) is 20.8 Å². The summed E-state index contributed by atoms with van der Waals surface area (Å²) in [7, 11) is 3.10. The quantitative estimate of drug-likeness (QED) is 0.196. The number of para-hydroxylation sites is 2. The van der Waals surface area contributed by atoms with Gasteiger partial charge in [0.1, 0.15) is 17.6 Å². The SMILES string of the molecule is COc1cc(Nc2nc3ccccc3nc2N(c2cccc(C3OCCC3NC=O)c2)S(=O)O)cc(OC)c1. The predicted octanol–water partition coefficient (Wildman–Crippen LogP) is 4.24. The van der Waals surface area contributed by atoms with E-state index in [1.165, 1.54) is 4.31 Å². The molecule has 2 heterocycles. The van der Waals surface area contributed by atoms with Crippen LogP contribution < -0.4 is 24.4 Å².